The van der Waals surface area contributed by atoms with Gasteiger partial charge in [-0.3, -0.25) is 4.79 Å². The molecule has 1 amide bonds. The lowest BCUT2D eigenvalue weighted by Crippen LogP contribution is -2.53. The fourth-order valence-electron chi connectivity index (χ4n) is 1.19. The van der Waals surface area contributed by atoms with Crippen LogP contribution in [-0.2, 0) is 4.79 Å². The Hall–Kier alpha value is -1.01. The number of anilines is 1. The van der Waals surface area contributed by atoms with Crippen LogP contribution in [0.15, 0.2) is 16.6 Å². The second-order valence-corrected chi connectivity index (χ2v) is 6.40. The van der Waals surface area contributed by atoms with Crippen LogP contribution in [0.1, 0.15) is 27.7 Å². The highest BCUT2D eigenvalue weighted by atomic mass is 79.9. The minimum atomic E-state index is -0.941. The monoisotopic (exact) mass is 334 g/mol. The van der Waals surface area contributed by atoms with Crippen molar-refractivity contribution in [2.75, 3.05) is 5.32 Å². The number of nitrogens with one attached hydrogen (secondary N) is 1. The van der Waals surface area contributed by atoms with Crippen molar-refractivity contribution < 1.29 is 13.6 Å². The zero-order valence-electron chi connectivity index (χ0n) is 11.3. The van der Waals surface area contributed by atoms with Crippen molar-refractivity contribution in [2.24, 2.45) is 11.1 Å². The Kier molecular flexibility index (Phi) is 4.37. The van der Waals surface area contributed by atoms with Crippen molar-refractivity contribution in [2.45, 2.75) is 33.2 Å². The lowest BCUT2D eigenvalue weighted by molar-refractivity contribution is -0.126. The van der Waals surface area contributed by atoms with Crippen molar-refractivity contribution in [1.82, 2.24) is 0 Å². The van der Waals surface area contributed by atoms with E-state index in [0.717, 1.165) is 12.1 Å². The number of nitrogens with two attached hydrogens (primary N) is 1. The third-order valence-corrected chi connectivity index (χ3v) is 4.04. The average Bonchev–Trinajstić information content (AvgIpc) is 2.24. The molecule has 1 aromatic carbocycles. The SMILES string of the molecule is CC(C)(N)C(C)(C)C(=O)Nc1cc(F)c(Br)cc1F. The maximum absolute atomic E-state index is 13.6. The molecule has 0 spiro atoms. The first-order valence-corrected chi connectivity index (χ1v) is 6.51. The van der Waals surface area contributed by atoms with E-state index >= 15 is 0 Å². The maximum Gasteiger partial charge on any atom is 0.231 e. The number of amides is 1. The number of hydrogen-bond donors (Lipinski definition) is 2. The molecule has 0 unspecified atom stereocenters. The average molecular weight is 335 g/mol. The Morgan fingerprint density at radius 2 is 1.74 bits per heavy atom. The number of benzene rings is 1. The Balaban J connectivity index is 3.05. The molecule has 1 rings (SSSR count). The van der Waals surface area contributed by atoms with Gasteiger partial charge in [0.2, 0.25) is 5.91 Å². The van der Waals surface area contributed by atoms with Crippen LogP contribution < -0.4 is 11.1 Å². The van der Waals surface area contributed by atoms with E-state index in [2.05, 4.69) is 21.2 Å². The van der Waals surface area contributed by atoms with Crippen LogP contribution in [-0.4, -0.2) is 11.4 Å². The molecule has 19 heavy (non-hydrogen) atoms. The number of hydrogen-bond acceptors (Lipinski definition) is 2. The predicted molar refractivity (Wildman–Crippen MR) is 74.7 cm³/mol. The Labute approximate surface area is 119 Å². The standard InChI is InChI=1S/C13H17BrF2N2O/c1-12(2,13(3,4)17)11(19)18-10-6-8(15)7(14)5-9(10)16/h5-6H,17H2,1-4H3,(H,18,19). The second-order valence-electron chi connectivity index (χ2n) is 5.55. The normalized spacial score (nSPS) is 12.4. The van der Waals surface area contributed by atoms with Gasteiger partial charge < -0.3 is 11.1 Å². The van der Waals surface area contributed by atoms with Gasteiger partial charge >= 0.3 is 0 Å². The lowest BCUT2D eigenvalue weighted by Gasteiger charge is -2.36. The van der Waals surface area contributed by atoms with E-state index in [1.807, 2.05) is 0 Å². The van der Waals surface area contributed by atoms with E-state index in [4.69, 9.17) is 5.73 Å². The molecule has 0 bridgehead atoms. The minimum absolute atomic E-state index is 0.00131. The largest absolute Gasteiger partial charge is 0.325 e. The third kappa shape index (κ3) is 3.30. The number of rotatable bonds is 3. The van der Waals surface area contributed by atoms with Crippen molar-refractivity contribution in [3.05, 3.63) is 28.2 Å². The van der Waals surface area contributed by atoms with Gasteiger partial charge in [0.05, 0.1) is 15.6 Å². The van der Waals surface area contributed by atoms with E-state index in [-0.39, 0.29) is 10.2 Å². The molecule has 106 valence electrons. The summed E-state index contributed by atoms with van der Waals surface area (Å²) in [6, 6.07) is 1.89. The molecule has 3 nitrogen and oxygen atoms in total. The Morgan fingerprint density at radius 3 is 2.21 bits per heavy atom. The molecule has 0 saturated carbocycles. The van der Waals surface area contributed by atoms with Gasteiger partial charge in [0, 0.05) is 11.6 Å². The smallest absolute Gasteiger partial charge is 0.231 e. The van der Waals surface area contributed by atoms with Gasteiger partial charge in [-0.1, -0.05) is 0 Å². The minimum Gasteiger partial charge on any atom is -0.325 e. The summed E-state index contributed by atoms with van der Waals surface area (Å²) < 4.78 is 27.0. The Bertz CT molecular complexity index is 510. The van der Waals surface area contributed by atoms with Crippen LogP contribution in [0.2, 0.25) is 0 Å². The summed E-state index contributed by atoms with van der Waals surface area (Å²) in [5, 5.41) is 2.37. The summed E-state index contributed by atoms with van der Waals surface area (Å²) in [5.74, 6) is -1.84. The fraction of sp³-hybridized carbons (Fsp3) is 0.462. The van der Waals surface area contributed by atoms with Crippen molar-refractivity contribution in [3.63, 3.8) is 0 Å². The van der Waals surface area contributed by atoms with Crippen molar-refractivity contribution >= 4 is 27.5 Å². The van der Waals surface area contributed by atoms with Gasteiger partial charge in [-0.25, -0.2) is 8.78 Å². The molecule has 1 aromatic rings. The van der Waals surface area contributed by atoms with Gasteiger partial charge in [-0.2, -0.15) is 0 Å². The molecule has 0 aromatic heterocycles. The zero-order valence-corrected chi connectivity index (χ0v) is 12.9. The molecule has 0 fully saturated rings. The molecule has 0 aliphatic carbocycles. The molecule has 3 N–H and O–H groups in total. The molecule has 0 radical (unpaired) electrons. The van der Waals surface area contributed by atoms with Crippen LogP contribution in [0.25, 0.3) is 0 Å². The first kappa shape index (κ1) is 16.0. The van der Waals surface area contributed by atoms with Crippen LogP contribution in [0.4, 0.5) is 14.5 Å². The van der Waals surface area contributed by atoms with Crippen LogP contribution in [0, 0.1) is 17.0 Å². The van der Waals surface area contributed by atoms with Crippen LogP contribution >= 0.6 is 15.9 Å². The lowest BCUT2D eigenvalue weighted by atomic mass is 9.74. The van der Waals surface area contributed by atoms with Crippen molar-refractivity contribution in [1.29, 1.82) is 0 Å². The van der Waals surface area contributed by atoms with Gasteiger partial charge in [-0.15, -0.1) is 0 Å². The maximum atomic E-state index is 13.6. The zero-order chi connectivity index (χ0) is 15.0. The predicted octanol–water partition coefficient (Wildman–Crippen LogP) is 3.43. The van der Waals surface area contributed by atoms with Crippen LogP contribution in [0.3, 0.4) is 0 Å². The van der Waals surface area contributed by atoms with E-state index in [1.54, 1.807) is 27.7 Å². The summed E-state index contributed by atoms with van der Waals surface area (Å²) in [7, 11) is 0. The summed E-state index contributed by atoms with van der Waals surface area (Å²) in [4.78, 5) is 12.1. The van der Waals surface area contributed by atoms with E-state index in [0.29, 0.717) is 0 Å². The van der Waals surface area contributed by atoms with Crippen molar-refractivity contribution in [3.8, 4) is 0 Å². The summed E-state index contributed by atoms with van der Waals surface area (Å²) in [6.45, 7) is 6.70. The molecular weight excluding hydrogens is 318 g/mol. The second kappa shape index (κ2) is 5.17. The molecule has 0 aliphatic rings. The van der Waals surface area contributed by atoms with Crippen LogP contribution in [0.5, 0.6) is 0 Å². The summed E-state index contributed by atoms with van der Waals surface area (Å²) in [5.41, 5.74) is 3.97. The number of carbonyl (C=O) groups is 1. The van der Waals surface area contributed by atoms with Gasteiger partial charge in [0.1, 0.15) is 11.6 Å². The number of carbonyl (C=O) groups excluding carboxylic acids is 1. The topological polar surface area (TPSA) is 55.1 Å². The van der Waals surface area contributed by atoms with E-state index in [1.165, 1.54) is 0 Å². The fourth-order valence-corrected chi connectivity index (χ4v) is 1.50. The first-order valence-electron chi connectivity index (χ1n) is 5.71. The quantitative estimate of drug-likeness (QED) is 0.832. The highest BCUT2D eigenvalue weighted by Gasteiger charge is 2.40. The molecule has 0 aliphatic heterocycles. The molecule has 0 atom stereocenters. The van der Waals surface area contributed by atoms with E-state index < -0.39 is 28.5 Å². The van der Waals surface area contributed by atoms with Gasteiger partial charge in [0.25, 0.3) is 0 Å². The highest BCUT2D eigenvalue weighted by Crippen LogP contribution is 2.31. The molecule has 0 heterocycles. The first-order chi connectivity index (χ1) is 8.46. The Morgan fingerprint density at radius 1 is 1.21 bits per heavy atom. The molecular formula is C13H17BrF2N2O. The van der Waals surface area contributed by atoms with E-state index in [9.17, 15) is 13.6 Å². The highest BCUT2D eigenvalue weighted by molar-refractivity contribution is 9.10. The molecule has 0 saturated heterocycles. The van der Waals surface area contributed by atoms with Gasteiger partial charge in [-0.05, 0) is 49.7 Å². The summed E-state index contributed by atoms with van der Waals surface area (Å²) >= 11 is 2.87. The summed E-state index contributed by atoms with van der Waals surface area (Å²) in [6.07, 6.45) is 0. The van der Waals surface area contributed by atoms with Gasteiger partial charge in [0.15, 0.2) is 0 Å². The third-order valence-electron chi connectivity index (χ3n) is 3.44. The molecule has 6 heteroatoms. The number of halogens is 3.